The van der Waals surface area contributed by atoms with Gasteiger partial charge in [-0.1, -0.05) is 66.6 Å². The van der Waals surface area contributed by atoms with Crippen LogP contribution in [0.25, 0.3) is 0 Å². The molecule has 0 aromatic heterocycles. The summed E-state index contributed by atoms with van der Waals surface area (Å²) in [7, 11) is 0. The molecule has 0 spiro atoms. The maximum atomic E-state index is 10.3. The van der Waals surface area contributed by atoms with Crippen molar-refractivity contribution in [1.82, 2.24) is 0 Å². The smallest absolute Gasteiger partial charge is 0.183 e. The minimum Gasteiger partial charge on any atom is -0.368 e. The van der Waals surface area contributed by atoms with Gasteiger partial charge in [0.25, 0.3) is 0 Å². The van der Waals surface area contributed by atoms with Gasteiger partial charge in [-0.05, 0) is 11.1 Å². The van der Waals surface area contributed by atoms with Crippen LogP contribution in [-0.2, 0) is 32.2 Å². The molecule has 1 N–H and O–H groups in total. The van der Waals surface area contributed by atoms with E-state index in [-0.39, 0.29) is 13.2 Å². The van der Waals surface area contributed by atoms with E-state index in [4.69, 9.17) is 25.4 Å². The molecule has 0 radical (unpaired) electrons. The Morgan fingerprint density at radius 3 is 2.07 bits per heavy atom. The molecule has 1 saturated heterocycles. The number of ether oxygens (including phenoxy) is 4. The SMILES string of the molecule is C#CCO[C@@H]1[C@@H](OCc2ccccc2)[C@@H](O)OC[C@@H]1OCc1ccccc1. The van der Waals surface area contributed by atoms with Gasteiger partial charge in [0.05, 0.1) is 19.8 Å². The monoisotopic (exact) mass is 368 g/mol. The highest BCUT2D eigenvalue weighted by atomic mass is 16.7. The first kappa shape index (κ1) is 19.6. The molecule has 3 rings (SSSR count). The average Bonchev–Trinajstić information content (AvgIpc) is 2.72. The molecule has 1 aliphatic heterocycles. The predicted molar refractivity (Wildman–Crippen MR) is 101 cm³/mol. The summed E-state index contributed by atoms with van der Waals surface area (Å²) in [6.07, 6.45) is 2.62. The summed E-state index contributed by atoms with van der Waals surface area (Å²) in [6, 6.07) is 19.6. The van der Waals surface area contributed by atoms with E-state index in [9.17, 15) is 5.11 Å². The number of aliphatic hydroxyl groups excluding tert-OH is 1. The maximum absolute atomic E-state index is 10.3. The third kappa shape index (κ3) is 5.64. The van der Waals surface area contributed by atoms with Gasteiger partial charge in [0.15, 0.2) is 6.29 Å². The lowest BCUT2D eigenvalue weighted by atomic mass is 10.0. The summed E-state index contributed by atoms with van der Waals surface area (Å²) in [6.45, 7) is 1.04. The summed E-state index contributed by atoms with van der Waals surface area (Å²) in [5, 5.41) is 10.3. The highest BCUT2D eigenvalue weighted by molar-refractivity contribution is 5.14. The average molecular weight is 368 g/mol. The number of benzene rings is 2. The predicted octanol–water partition coefficient (Wildman–Crippen LogP) is 2.52. The van der Waals surface area contributed by atoms with Crippen molar-refractivity contribution in [3.8, 4) is 12.3 Å². The summed E-state index contributed by atoms with van der Waals surface area (Å²) in [5.41, 5.74) is 2.04. The van der Waals surface area contributed by atoms with Crippen molar-refractivity contribution in [2.75, 3.05) is 13.2 Å². The van der Waals surface area contributed by atoms with Gasteiger partial charge in [0, 0.05) is 0 Å². The minimum atomic E-state index is -1.10. The maximum Gasteiger partial charge on any atom is 0.183 e. The number of rotatable bonds is 8. The Labute approximate surface area is 159 Å². The largest absolute Gasteiger partial charge is 0.368 e. The van der Waals surface area contributed by atoms with E-state index in [1.54, 1.807) is 0 Å². The van der Waals surface area contributed by atoms with E-state index in [2.05, 4.69) is 5.92 Å². The molecule has 142 valence electrons. The van der Waals surface area contributed by atoms with Crippen LogP contribution < -0.4 is 0 Å². The second-order valence-electron chi connectivity index (χ2n) is 6.30. The molecule has 0 aliphatic carbocycles. The Morgan fingerprint density at radius 2 is 1.48 bits per heavy atom. The van der Waals surface area contributed by atoms with Gasteiger partial charge in [-0.3, -0.25) is 0 Å². The van der Waals surface area contributed by atoms with Gasteiger partial charge in [0.2, 0.25) is 0 Å². The first-order chi connectivity index (χ1) is 13.3. The third-order valence-corrected chi connectivity index (χ3v) is 4.35. The van der Waals surface area contributed by atoms with Gasteiger partial charge in [-0.15, -0.1) is 6.42 Å². The molecule has 0 amide bonds. The second kappa shape index (κ2) is 10.2. The highest BCUT2D eigenvalue weighted by Gasteiger charge is 2.42. The number of aliphatic hydroxyl groups is 1. The van der Waals surface area contributed by atoms with Crippen LogP contribution in [0.1, 0.15) is 11.1 Å². The molecular weight excluding hydrogens is 344 g/mol. The van der Waals surface area contributed by atoms with E-state index in [0.717, 1.165) is 11.1 Å². The Bertz CT molecular complexity index is 712. The number of terminal acetylenes is 1. The zero-order valence-electron chi connectivity index (χ0n) is 15.1. The lowest BCUT2D eigenvalue weighted by Gasteiger charge is -2.39. The highest BCUT2D eigenvalue weighted by Crippen LogP contribution is 2.24. The van der Waals surface area contributed by atoms with Crippen molar-refractivity contribution in [2.24, 2.45) is 0 Å². The summed E-state index contributed by atoms with van der Waals surface area (Å²) in [4.78, 5) is 0. The molecule has 0 saturated carbocycles. The standard InChI is InChI=1S/C22H24O5/c1-2-13-24-20-19(25-14-17-9-5-3-6-10-17)16-27-22(23)21(20)26-15-18-11-7-4-8-12-18/h1,3-12,19-23H,13-16H2/t19-,20-,21+,22-/m0/s1. The van der Waals surface area contributed by atoms with Crippen LogP contribution in [0.2, 0.25) is 0 Å². The first-order valence-electron chi connectivity index (χ1n) is 8.93. The normalized spacial score (nSPS) is 25.0. The van der Waals surface area contributed by atoms with Crippen molar-refractivity contribution in [3.05, 3.63) is 71.8 Å². The molecule has 1 heterocycles. The Morgan fingerprint density at radius 1 is 0.889 bits per heavy atom. The lowest BCUT2D eigenvalue weighted by molar-refractivity contribution is -0.282. The number of hydrogen-bond donors (Lipinski definition) is 1. The Kier molecular flexibility index (Phi) is 7.40. The molecular formula is C22H24O5. The minimum absolute atomic E-state index is 0.105. The fraction of sp³-hybridized carbons (Fsp3) is 0.364. The van der Waals surface area contributed by atoms with E-state index < -0.39 is 24.6 Å². The molecule has 1 fully saturated rings. The Hall–Kier alpha value is -2.20. The van der Waals surface area contributed by atoms with Gasteiger partial charge < -0.3 is 24.1 Å². The second-order valence-corrected chi connectivity index (χ2v) is 6.30. The van der Waals surface area contributed by atoms with Gasteiger partial charge in [-0.25, -0.2) is 0 Å². The van der Waals surface area contributed by atoms with Gasteiger partial charge in [0.1, 0.15) is 24.9 Å². The molecule has 2 aromatic rings. The molecule has 4 atom stereocenters. The van der Waals surface area contributed by atoms with E-state index >= 15 is 0 Å². The number of hydrogen-bond acceptors (Lipinski definition) is 5. The summed E-state index contributed by atoms with van der Waals surface area (Å²) < 4.78 is 23.2. The van der Waals surface area contributed by atoms with Crippen LogP contribution in [0.4, 0.5) is 0 Å². The van der Waals surface area contributed by atoms with Crippen molar-refractivity contribution in [3.63, 3.8) is 0 Å². The zero-order valence-corrected chi connectivity index (χ0v) is 15.1. The van der Waals surface area contributed by atoms with Crippen molar-refractivity contribution in [1.29, 1.82) is 0 Å². The van der Waals surface area contributed by atoms with Gasteiger partial charge in [-0.2, -0.15) is 0 Å². The fourth-order valence-electron chi connectivity index (χ4n) is 2.97. The Balaban J connectivity index is 1.66. The molecule has 0 bridgehead atoms. The van der Waals surface area contributed by atoms with Crippen LogP contribution >= 0.6 is 0 Å². The van der Waals surface area contributed by atoms with Crippen molar-refractivity contribution in [2.45, 2.75) is 37.8 Å². The van der Waals surface area contributed by atoms with Crippen LogP contribution in [0.3, 0.4) is 0 Å². The third-order valence-electron chi connectivity index (χ3n) is 4.35. The molecule has 5 heteroatoms. The zero-order chi connectivity index (χ0) is 18.9. The first-order valence-corrected chi connectivity index (χ1v) is 8.93. The quantitative estimate of drug-likeness (QED) is 0.726. The van der Waals surface area contributed by atoms with Crippen LogP contribution in [-0.4, -0.2) is 42.9 Å². The van der Waals surface area contributed by atoms with E-state index in [1.807, 2.05) is 60.7 Å². The van der Waals surface area contributed by atoms with Crippen LogP contribution in [0.15, 0.2) is 60.7 Å². The lowest BCUT2D eigenvalue weighted by Crippen LogP contribution is -2.56. The summed E-state index contributed by atoms with van der Waals surface area (Å²) >= 11 is 0. The van der Waals surface area contributed by atoms with Crippen molar-refractivity contribution >= 4 is 0 Å². The van der Waals surface area contributed by atoms with Crippen LogP contribution in [0.5, 0.6) is 0 Å². The molecule has 0 unspecified atom stereocenters. The summed E-state index contributed by atoms with van der Waals surface area (Å²) in [5.74, 6) is 2.46. The fourth-order valence-corrected chi connectivity index (χ4v) is 2.97. The van der Waals surface area contributed by atoms with Gasteiger partial charge >= 0.3 is 0 Å². The topological polar surface area (TPSA) is 57.2 Å². The molecule has 1 aliphatic rings. The molecule has 27 heavy (non-hydrogen) atoms. The van der Waals surface area contributed by atoms with Crippen LogP contribution in [0, 0.1) is 12.3 Å². The van der Waals surface area contributed by atoms with E-state index in [1.165, 1.54) is 0 Å². The van der Waals surface area contributed by atoms with Crippen molar-refractivity contribution < 1.29 is 24.1 Å². The van der Waals surface area contributed by atoms with E-state index in [0.29, 0.717) is 13.2 Å². The molecule has 2 aromatic carbocycles. The molecule has 5 nitrogen and oxygen atoms in total.